The lowest BCUT2D eigenvalue weighted by atomic mass is 10.0. The molecule has 1 aliphatic heterocycles. The summed E-state index contributed by atoms with van der Waals surface area (Å²) in [4.78, 5) is 93.0. The first-order valence-corrected chi connectivity index (χ1v) is 17.5. The van der Waals surface area contributed by atoms with Crippen molar-refractivity contribution in [1.82, 2.24) is 35.7 Å². The van der Waals surface area contributed by atoms with Gasteiger partial charge in [0.25, 0.3) is 5.56 Å². The Kier molecular flexibility index (Phi) is 14.4. The predicted molar refractivity (Wildman–Crippen MR) is 195 cm³/mol. The molecule has 1 aromatic heterocycles. The van der Waals surface area contributed by atoms with Gasteiger partial charge in [-0.25, -0.2) is 18.8 Å². The first-order valence-electron chi connectivity index (χ1n) is 17.5. The first kappa shape index (κ1) is 42.6. The van der Waals surface area contributed by atoms with Crippen LogP contribution in [-0.2, 0) is 36.8 Å². The van der Waals surface area contributed by atoms with Gasteiger partial charge in [0.15, 0.2) is 6.23 Å². The van der Waals surface area contributed by atoms with Crippen molar-refractivity contribution in [2.24, 2.45) is 5.73 Å². The van der Waals surface area contributed by atoms with Gasteiger partial charge < -0.3 is 52.0 Å². The van der Waals surface area contributed by atoms with Gasteiger partial charge in [0.05, 0.1) is 18.2 Å². The number of carbonyl (C=O) groups is 5. The maximum atomic E-state index is 14.0. The first-order chi connectivity index (χ1) is 26.4. The lowest BCUT2D eigenvalue weighted by Crippen LogP contribution is -2.63. The number of carboxylic acids is 1. The number of rotatable bonds is 16. The highest BCUT2D eigenvalue weighted by atomic mass is 19.1. The maximum absolute atomic E-state index is 14.0. The van der Waals surface area contributed by atoms with Gasteiger partial charge in [0.2, 0.25) is 17.7 Å². The van der Waals surface area contributed by atoms with E-state index in [2.05, 4.69) is 26.3 Å². The van der Waals surface area contributed by atoms with Crippen LogP contribution in [0.5, 0.6) is 5.75 Å². The Hall–Kier alpha value is -6.12. The quantitative estimate of drug-likeness (QED) is 0.0797. The number of aliphatic carboxylic acids is 1. The molecular formula is C36H45FN8O11. The molecule has 2 heterocycles. The predicted octanol–water partition coefficient (Wildman–Crippen LogP) is -1.57. The number of likely N-dealkylation sites (N-methyl/N-ethyl adjacent to an activating group) is 1. The van der Waals surface area contributed by atoms with E-state index >= 15 is 0 Å². The summed E-state index contributed by atoms with van der Waals surface area (Å²) in [5, 5.41) is 39.9. The molecule has 1 saturated heterocycles. The van der Waals surface area contributed by atoms with E-state index in [-0.39, 0.29) is 31.6 Å². The van der Waals surface area contributed by atoms with Crippen LogP contribution >= 0.6 is 0 Å². The van der Waals surface area contributed by atoms with Gasteiger partial charge in [0.1, 0.15) is 35.8 Å². The number of nitrogens with two attached hydrogens (primary N) is 1. The number of phenols is 1. The largest absolute Gasteiger partial charge is 0.508 e. The Bertz CT molecular complexity index is 1990. The molecule has 302 valence electrons. The van der Waals surface area contributed by atoms with Gasteiger partial charge in [-0.15, -0.1) is 0 Å². The fraction of sp³-hybridized carbons (Fsp3) is 0.417. The molecular weight excluding hydrogens is 739 g/mol. The molecule has 0 saturated carbocycles. The van der Waals surface area contributed by atoms with Gasteiger partial charge in [-0.2, -0.15) is 0 Å². The zero-order valence-electron chi connectivity index (χ0n) is 30.7. The Balaban J connectivity index is 1.54. The second kappa shape index (κ2) is 19.0. The summed E-state index contributed by atoms with van der Waals surface area (Å²) in [6.07, 6.45) is -2.52. The zero-order valence-corrected chi connectivity index (χ0v) is 30.7. The number of H-pyrrole nitrogens is 1. The molecule has 10 N–H and O–H groups in total. The molecule has 19 nitrogen and oxygen atoms in total. The Morgan fingerprint density at radius 1 is 0.946 bits per heavy atom. The summed E-state index contributed by atoms with van der Waals surface area (Å²) in [5.41, 5.74) is 5.19. The van der Waals surface area contributed by atoms with Crippen molar-refractivity contribution in [3.8, 4) is 5.75 Å². The molecule has 5 amide bonds. The molecule has 8 atom stereocenters. The molecule has 4 rings (SSSR count). The van der Waals surface area contributed by atoms with Crippen molar-refractivity contribution in [1.29, 1.82) is 0 Å². The Morgan fingerprint density at radius 3 is 2.12 bits per heavy atom. The lowest BCUT2D eigenvalue weighted by Gasteiger charge is -2.34. The Morgan fingerprint density at radius 2 is 1.54 bits per heavy atom. The van der Waals surface area contributed by atoms with Crippen molar-refractivity contribution in [3.05, 3.63) is 98.6 Å². The summed E-state index contributed by atoms with van der Waals surface area (Å²) >= 11 is 0. The van der Waals surface area contributed by atoms with Crippen molar-refractivity contribution in [2.75, 3.05) is 13.6 Å². The van der Waals surface area contributed by atoms with Crippen LogP contribution in [0.15, 0.2) is 70.4 Å². The number of hydrogen-bond donors (Lipinski definition) is 9. The van der Waals surface area contributed by atoms with Gasteiger partial charge >= 0.3 is 17.7 Å². The standard InChI is InChI=1S/C36H45FN8O11/c1-18(38)32(51)44(3)19(2)29(31(50)39-17-24-16-27(47)33(56-24)45-13-12-28(48)42-36(45)55)43-30(49)25(14-20-4-8-22(37)9-5-20)40-35(54)41-26(34(52)53)15-21-6-10-23(46)11-7-21/h4-13,18-19,24-27,29,33,46-47H,14-17,38H2,1-3H3,(H,39,50)(H,43,49)(H,52,53)(H2,40,41,54)(H,42,48,55)/t18-,19+,24-,25-,26+,27-,29+,33-/m1/s1. The normalized spacial score (nSPS) is 19.1. The van der Waals surface area contributed by atoms with Crippen LogP contribution in [-0.4, -0.2) is 116 Å². The van der Waals surface area contributed by atoms with E-state index in [4.69, 9.17) is 10.5 Å². The third-order valence-electron chi connectivity index (χ3n) is 9.16. The van der Waals surface area contributed by atoms with E-state index < -0.39 is 95.4 Å². The van der Waals surface area contributed by atoms with Crippen LogP contribution in [0.1, 0.15) is 37.6 Å². The number of urea groups is 1. The number of aromatic nitrogens is 2. The number of nitrogens with zero attached hydrogens (tertiary/aromatic N) is 2. The van der Waals surface area contributed by atoms with Gasteiger partial charge in [-0.05, 0) is 49.2 Å². The Labute approximate surface area is 319 Å². The third kappa shape index (κ3) is 11.4. The molecule has 56 heavy (non-hydrogen) atoms. The van der Waals surface area contributed by atoms with Gasteiger partial charge in [-0.1, -0.05) is 24.3 Å². The fourth-order valence-corrected chi connectivity index (χ4v) is 5.96. The lowest BCUT2D eigenvalue weighted by molar-refractivity contribution is -0.139. The number of aromatic hydroxyl groups is 1. The molecule has 1 aliphatic rings. The van der Waals surface area contributed by atoms with Crippen LogP contribution < -0.4 is 38.2 Å². The van der Waals surface area contributed by atoms with Crippen LogP contribution in [0.3, 0.4) is 0 Å². The molecule has 0 bridgehead atoms. The third-order valence-corrected chi connectivity index (χ3v) is 9.16. The molecule has 3 aromatic rings. The van der Waals surface area contributed by atoms with Gasteiger partial charge in [-0.3, -0.25) is 28.7 Å². The molecule has 0 aliphatic carbocycles. The summed E-state index contributed by atoms with van der Waals surface area (Å²) in [6, 6.07) is 4.18. The van der Waals surface area contributed by atoms with Crippen LogP contribution in [0, 0.1) is 5.82 Å². The minimum Gasteiger partial charge on any atom is -0.508 e. The van der Waals surface area contributed by atoms with E-state index in [1.54, 1.807) is 0 Å². The highest BCUT2D eigenvalue weighted by Crippen LogP contribution is 2.27. The second-order valence-electron chi connectivity index (χ2n) is 13.4. The molecule has 20 heteroatoms. The minimum atomic E-state index is -1.50. The topological polar surface area (TPSA) is 288 Å². The number of aliphatic hydroxyl groups excluding tert-OH is 1. The summed E-state index contributed by atoms with van der Waals surface area (Å²) in [5.74, 6) is -4.33. The number of carboxylic acid groups (broad SMARTS) is 1. The average molecular weight is 785 g/mol. The molecule has 0 unspecified atom stereocenters. The number of ether oxygens (including phenoxy) is 1. The fourth-order valence-electron chi connectivity index (χ4n) is 5.96. The smallest absolute Gasteiger partial charge is 0.330 e. The number of carbonyl (C=O) groups excluding carboxylic acids is 4. The van der Waals surface area contributed by atoms with E-state index in [1.165, 1.54) is 57.3 Å². The number of phenolic OH excluding ortho intramolecular Hbond substituents is 1. The SMILES string of the molecule is C[C@@H](N)C(=O)N(C)[C@@H](C)[C@H](NC(=O)[C@@H](Cc1ccc(F)cc1)NC(=O)N[C@@H](Cc1ccc(O)cc1)C(=O)O)C(=O)NC[C@H]1C[C@@H](O)[C@H](n2ccc(=O)[nH]c2=O)O1. The van der Waals surface area contributed by atoms with E-state index in [1.807, 2.05) is 0 Å². The molecule has 0 radical (unpaired) electrons. The highest BCUT2D eigenvalue weighted by Gasteiger charge is 2.38. The van der Waals surface area contributed by atoms with E-state index in [9.17, 15) is 53.3 Å². The number of benzene rings is 2. The van der Waals surface area contributed by atoms with E-state index in [0.29, 0.717) is 11.1 Å². The second-order valence-corrected chi connectivity index (χ2v) is 13.4. The summed E-state index contributed by atoms with van der Waals surface area (Å²) in [6.45, 7) is 2.67. The number of aromatic amines is 1. The van der Waals surface area contributed by atoms with Crippen molar-refractivity contribution in [3.63, 3.8) is 0 Å². The van der Waals surface area contributed by atoms with E-state index in [0.717, 1.165) is 33.9 Å². The zero-order chi connectivity index (χ0) is 41.3. The van der Waals surface area contributed by atoms with Crippen LogP contribution in [0.2, 0.25) is 0 Å². The van der Waals surface area contributed by atoms with Crippen molar-refractivity contribution < 1.29 is 48.4 Å². The van der Waals surface area contributed by atoms with Gasteiger partial charge in [0, 0.05) is 45.1 Å². The van der Waals surface area contributed by atoms with Crippen molar-refractivity contribution in [2.45, 2.75) is 81.8 Å². The minimum absolute atomic E-state index is 0.0327. The number of amides is 5. The maximum Gasteiger partial charge on any atom is 0.330 e. The molecule has 1 fully saturated rings. The number of nitrogens with one attached hydrogen (secondary N) is 5. The average Bonchev–Trinajstić information content (AvgIpc) is 3.52. The van der Waals surface area contributed by atoms with Crippen LogP contribution in [0.25, 0.3) is 0 Å². The number of hydrogen-bond acceptors (Lipinski definition) is 11. The molecule has 0 spiro atoms. The monoisotopic (exact) mass is 784 g/mol. The summed E-state index contributed by atoms with van der Waals surface area (Å²) in [7, 11) is 1.37. The van der Waals surface area contributed by atoms with Crippen molar-refractivity contribution >= 4 is 29.7 Å². The highest BCUT2D eigenvalue weighted by molar-refractivity contribution is 5.93. The van der Waals surface area contributed by atoms with Crippen LogP contribution in [0.4, 0.5) is 9.18 Å². The number of aliphatic hydroxyl groups is 1. The summed E-state index contributed by atoms with van der Waals surface area (Å²) < 4.78 is 20.5. The molecule has 2 aromatic carbocycles. The number of halogens is 1.